The number of amides is 2. The molecule has 1 aromatic rings. The van der Waals surface area contributed by atoms with Crippen molar-refractivity contribution in [2.75, 3.05) is 36.8 Å². The van der Waals surface area contributed by atoms with E-state index in [1.807, 2.05) is 16.5 Å². The molecule has 0 aliphatic carbocycles. The quantitative estimate of drug-likeness (QED) is 0.788. The molecule has 2 unspecified atom stereocenters. The zero-order valence-electron chi connectivity index (χ0n) is 14.6. The maximum atomic E-state index is 12.5. The Morgan fingerprint density at radius 1 is 1.40 bits per heavy atom. The van der Waals surface area contributed by atoms with E-state index in [4.69, 9.17) is 0 Å². The predicted molar refractivity (Wildman–Crippen MR) is 102 cm³/mol. The fourth-order valence-corrected chi connectivity index (χ4v) is 4.66. The van der Waals surface area contributed by atoms with Crippen LogP contribution in [0, 0.1) is 5.92 Å². The molecule has 2 amide bonds. The molecule has 2 aliphatic rings. The maximum Gasteiger partial charge on any atom is 0.232 e. The summed E-state index contributed by atoms with van der Waals surface area (Å²) in [6, 6.07) is 0.170. The van der Waals surface area contributed by atoms with Crippen molar-refractivity contribution < 1.29 is 9.59 Å². The van der Waals surface area contributed by atoms with Crippen LogP contribution in [-0.4, -0.2) is 65.2 Å². The molecule has 138 valence electrons. The minimum absolute atomic E-state index is 0.0551. The maximum absolute atomic E-state index is 12.5. The van der Waals surface area contributed by atoms with E-state index in [0.29, 0.717) is 18.1 Å². The van der Waals surface area contributed by atoms with Gasteiger partial charge in [0.05, 0.1) is 5.75 Å². The summed E-state index contributed by atoms with van der Waals surface area (Å²) in [6.45, 7) is 7.28. The summed E-state index contributed by atoms with van der Waals surface area (Å²) >= 11 is 3.09. The molecule has 0 aromatic carbocycles. The fourth-order valence-electron chi connectivity index (χ4n) is 2.98. The van der Waals surface area contributed by atoms with Gasteiger partial charge in [0.15, 0.2) is 5.13 Å². The second-order valence-electron chi connectivity index (χ2n) is 6.66. The molecule has 3 heterocycles. The van der Waals surface area contributed by atoms with Gasteiger partial charge in [-0.1, -0.05) is 13.8 Å². The molecule has 0 spiro atoms. The normalized spacial score (nSPS) is 24.5. The smallest absolute Gasteiger partial charge is 0.232 e. The van der Waals surface area contributed by atoms with Gasteiger partial charge < -0.3 is 15.1 Å². The summed E-state index contributed by atoms with van der Waals surface area (Å²) in [5.41, 5.74) is -0.186. The third-order valence-electron chi connectivity index (χ3n) is 4.56. The minimum Gasteiger partial charge on any atom is -0.345 e. The van der Waals surface area contributed by atoms with E-state index in [9.17, 15) is 9.59 Å². The van der Waals surface area contributed by atoms with Crippen molar-refractivity contribution in [2.24, 2.45) is 5.92 Å². The number of hydrogen-bond donors (Lipinski definition) is 2. The average molecular weight is 384 g/mol. The van der Waals surface area contributed by atoms with E-state index in [-0.39, 0.29) is 23.4 Å². The fraction of sp³-hybridized carbons (Fsp3) is 0.688. The van der Waals surface area contributed by atoms with Crippen LogP contribution in [0.1, 0.15) is 20.3 Å². The lowest BCUT2D eigenvalue weighted by Gasteiger charge is -2.36. The summed E-state index contributed by atoms with van der Waals surface area (Å²) in [4.78, 5) is 32.7. The summed E-state index contributed by atoms with van der Waals surface area (Å²) in [6.07, 6.45) is 2.31. The van der Waals surface area contributed by atoms with Gasteiger partial charge >= 0.3 is 0 Å². The van der Waals surface area contributed by atoms with Crippen LogP contribution in [-0.2, 0) is 9.59 Å². The van der Waals surface area contributed by atoms with Gasteiger partial charge in [-0.15, -0.1) is 23.1 Å². The third kappa shape index (κ3) is 4.86. The Kier molecular flexibility index (Phi) is 6.19. The van der Waals surface area contributed by atoms with Crippen LogP contribution in [0.4, 0.5) is 5.13 Å². The Bertz CT molecular complexity index is 587. The van der Waals surface area contributed by atoms with Gasteiger partial charge in [-0.2, -0.15) is 0 Å². The van der Waals surface area contributed by atoms with Gasteiger partial charge in [0.2, 0.25) is 11.8 Å². The Hall–Kier alpha value is -1.32. The zero-order chi connectivity index (χ0) is 17.8. The number of piperazine rings is 1. The van der Waals surface area contributed by atoms with E-state index in [1.165, 1.54) is 11.8 Å². The van der Waals surface area contributed by atoms with Crippen LogP contribution in [0.15, 0.2) is 11.6 Å². The van der Waals surface area contributed by atoms with Gasteiger partial charge in [0, 0.05) is 50.2 Å². The molecule has 2 fully saturated rings. The van der Waals surface area contributed by atoms with E-state index < -0.39 is 0 Å². The molecule has 2 saturated heterocycles. The monoisotopic (exact) mass is 383 g/mol. The van der Waals surface area contributed by atoms with Crippen molar-refractivity contribution in [1.29, 1.82) is 0 Å². The molecule has 0 bridgehead atoms. The lowest BCUT2D eigenvalue weighted by atomic mass is 10.00. The molecule has 0 saturated carbocycles. The van der Waals surface area contributed by atoms with Gasteiger partial charge in [-0.25, -0.2) is 4.98 Å². The van der Waals surface area contributed by atoms with Crippen molar-refractivity contribution in [1.82, 2.24) is 20.5 Å². The summed E-state index contributed by atoms with van der Waals surface area (Å²) in [5.74, 6) is 0.953. The van der Waals surface area contributed by atoms with Crippen LogP contribution in [0.2, 0.25) is 0 Å². The largest absolute Gasteiger partial charge is 0.345 e. The van der Waals surface area contributed by atoms with Crippen LogP contribution in [0.3, 0.4) is 0 Å². The summed E-state index contributed by atoms with van der Waals surface area (Å²) in [5, 5.41) is 9.32. The van der Waals surface area contributed by atoms with Crippen LogP contribution in [0.25, 0.3) is 0 Å². The first kappa shape index (κ1) is 18.5. The molecule has 2 N–H and O–H groups in total. The first-order valence-electron chi connectivity index (χ1n) is 8.62. The second kappa shape index (κ2) is 8.37. The first-order valence-corrected chi connectivity index (χ1v) is 10.5. The molecule has 2 aliphatic heterocycles. The lowest BCUT2D eigenvalue weighted by molar-refractivity contribution is -0.128. The molecule has 1 aromatic heterocycles. The van der Waals surface area contributed by atoms with Crippen LogP contribution in [0.5, 0.6) is 0 Å². The molecule has 3 rings (SSSR count). The molecule has 2 atom stereocenters. The van der Waals surface area contributed by atoms with E-state index in [0.717, 1.165) is 31.3 Å². The zero-order valence-corrected chi connectivity index (χ0v) is 16.2. The SMILES string of the molecule is CC(C)C1CC(=O)NC(SCC(=O)N2CCN(c3nccs3)CC2)N1. The second-order valence-corrected chi connectivity index (χ2v) is 8.63. The molecular weight excluding hydrogens is 358 g/mol. The van der Waals surface area contributed by atoms with Gasteiger partial charge in [0.25, 0.3) is 0 Å². The highest BCUT2D eigenvalue weighted by Gasteiger charge is 2.29. The van der Waals surface area contributed by atoms with Gasteiger partial charge in [0.1, 0.15) is 5.50 Å². The highest BCUT2D eigenvalue weighted by molar-refractivity contribution is 8.00. The molecule has 25 heavy (non-hydrogen) atoms. The highest BCUT2D eigenvalue weighted by atomic mass is 32.2. The molecule has 9 heteroatoms. The Balaban J connectivity index is 1.43. The molecular formula is C16H25N5O2S2. The van der Waals surface area contributed by atoms with Crippen molar-refractivity contribution in [2.45, 2.75) is 31.8 Å². The van der Waals surface area contributed by atoms with Crippen molar-refractivity contribution in [3.05, 3.63) is 11.6 Å². The number of nitrogens with zero attached hydrogens (tertiary/aromatic N) is 3. The number of thiazole rings is 1. The summed E-state index contributed by atoms with van der Waals surface area (Å²) < 4.78 is 0. The third-order valence-corrected chi connectivity index (χ3v) is 6.40. The average Bonchev–Trinajstić information content (AvgIpc) is 3.14. The highest BCUT2D eigenvalue weighted by Crippen LogP contribution is 2.20. The predicted octanol–water partition coefficient (Wildman–Crippen LogP) is 0.943. The number of rotatable bonds is 5. The Labute approximate surface area is 156 Å². The molecule has 0 radical (unpaired) electrons. The topological polar surface area (TPSA) is 77.6 Å². The number of nitrogens with one attached hydrogen (secondary N) is 2. The minimum atomic E-state index is -0.186. The van der Waals surface area contributed by atoms with Gasteiger partial charge in [-0.3, -0.25) is 14.9 Å². The summed E-state index contributed by atoms with van der Waals surface area (Å²) in [7, 11) is 0. The van der Waals surface area contributed by atoms with E-state index >= 15 is 0 Å². The van der Waals surface area contributed by atoms with E-state index in [1.54, 1.807) is 11.3 Å². The molecule has 7 nitrogen and oxygen atoms in total. The standard InChI is InChI=1S/C16H25N5O2S2/c1-11(2)12-9-13(22)19-15(18-12)25-10-14(23)20-4-6-21(7-5-20)16-17-3-8-24-16/h3,8,11-12,15,18H,4-7,9-10H2,1-2H3,(H,19,22). The number of thioether (sulfide) groups is 1. The van der Waals surface area contributed by atoms with Gasteiger partial charge in [-0.05, 0) is 5.92 Å². The lowest BCUT2D eigenvalue weighted by Crippen LogP contribution is -2.56. The number of anilines is 1. The van der Waals surface area contributed by atoms with Crippen molar-refractivity contribution in [3.8, 4) is 0 Å². The van der Waals surface area contributed by atoms with Crippen LogP contribution < -0.4 is 15.5 Å². The Morgan fingerprint density at radius 3 is 2.80 bits per heavy atom. The van der Waals surface area contributed by atoms with Crippen molar-refractivity contribution in [3.63, 3.8) is 0 Å². The number of carbonyl (C=O) groups is 2. The van der Waals surface area contributed by atoms with E-state index in [2.05, 4.69) is 34.4 Å². The number of aromatic nitrogens is 1. The first-order chi connectivity index (χ1) is 12.0. The number of hydrogen-bond acceptors (Lipinski definition) is 7. The Morgan fingerprint density at radius 2 is 2.16 bits per heavy atom. The number of carbonyl (C=O) groups excluding carboxylic acids is 2. The van der Waals surface area contributed by atoms with Crippen LogP contribution >= 0.6 is 23.1 Å². The van der Waals surface area contributed by atoms with Crippen molar-refractivity contribution >= 4 is 40.0 Å².